The summed E-state index contributed by atoms with van der Waals surface area (Å²) in [4.78, 5) is 0. The van der Waals surface area contributed by atoms with Crippen molar-refractivity contribution in [2.75, 3.05) is 0 Å². The Morgan fingerprint density at radius 2 is 0.536 bits per heavy atom. The number of hydrogen-bond donors (Lipinski definition) is 0. The lowest BCUT2D eigenvalue weighted by Crippen LogP contribution is -1.93. The molecule has 0 saturated heterocycles. The van der Waals surface area contributed by atoms with E-state index in [2.05, 4.69) is 20.8 Å². The van der Waals surface area contributed by atoms with Crippen LogP contribution >= 0.6 is 0 Å². The van der Waals surface area contributed by atoms with Crippen LogP contribution in [-0.4, -0.2) is 0 Å². The lowest BCUT2D eigenvalue weighted by molar-refractivity contribution is 0.529. The molecule has 0 aromatic rings. The van der Waals surface area contributed by atoms with Crippen LogP contribution in [0.2, 0.25) is 0 Å². The van der Waals surface area contributed by atoms with E-state index >= 15 is 0 Å². The van der Waals surface area contributed by atoms with Crippen LogP contribution in [0.4, 0.5) is 0 Å². The standard InChI is InChI=1S/C28H57/c1-4-6-8-10-12-14-16-17-19-21-23-25-27-28(3)26-24-22-20-18-15-13-11-9-7-5-2/h4-27H2,1-3H3. The van der Waals surface area contributed by atoms with Crippen molar-refractivity contribution in [1.82, 2.24) is 0 Å². The van der Waals surface area contributed by atoms with Crippen molar-refractivity contribution in [3.8, 4) is 0 Å². The maximum absolute atomic E-state index is 2.41. The van der Waals surface area contributed by atoms with E-state index in [0.29, 0.717) is 0 Å². The summed E-state index contributed by atoms with van der Waals surface area (Å²) in [5.74, 6) is 1.77. The monoisotopic (exact) mass is 393 g/mol. The number of rotatable bonds is 24. The van der Waals surface area contributed by atoms with E-state index < -0.39 is 0 Å². The van der Waals surface area contributed by atoms with Gasteiger partial charge in [0.15, 0.2) is 0 Å². The first-order valence-corrected chi connectivity index (χ1v) is 13.6. The Bertz CT molecular complexity index is 257. The van der Waals surface area contributed by atoms with Gasteiger partial charge in [0.25, 0.3) is 0 Å². The van der Waals surface area contributed by atoms with E-state index in [1.54, 1.807) is 5.92 Å². The molecule has 28 heavy (non-hydrogen) atoms. The SMILES string of the molecule is CCCCCCCCCCCCCC[C](C)CCCCCCCCCCCC. The highest BCUT2D eigenvalue weighted by atomic mass is 14.1. The molecular formula is C28H57. The third-order valence-corrected chi connectivity index (χ3v) is 6.41. The van der Waals surface area contributed by atoms with E-state index in [9.17, 15) is 0 Å². The zero-order chi connectivity index (χ0) is 20.5. The molecular weight excluding hydrogens is 336 g/mol. The van der Waals surface area contributed by atoms with Crippen molar-refractivity contribution in [2.45, 2.75) is 175 Å². The van der Waals surface area contributed by atoms with Gasteiger partial charge < -0.3 is 0 Å². The topological polar surface area (TPSA) is 0 Å². The Labute approximate surface area is 181 Å². The Kier molecular flexibility index (Phi) is 25.0. The fourth-order valence-corrected chi connectivity index (χ4v) is 4.31. The molecule has 0 heterocycles. The smallest absolute Gasteiger partial charge is 0.0272 e. The minimum absolute atomic E-state index is 1.37. The highest BCUT2D eigenvalue weighted by Gasteiger charge is 2.03. The average Bonchev–Trinajstić information content (AvgIpc) is 2.70. The molecule has 0 spiro atoms. The van der Waals surface area contributed by atoms with Crippen molar-refractivity contribution in [1.29, 1.82) is 0 Å². The summed E-state index contributed by atoms with van der Waals surface area (Å²) in [6, 6.07) is 0. The second-order valence-electron chi connectivity index (χ2n) is 9.53. The molecule has 169 valence electrons. The summed E-state index contributed by atoms with van der Waals surface area (Å²) in [5.41, 5.74) is 0. The van der Waals surface area contributed by atoms with Crippen molar-refractivity contribution >= 4 is 0 Å². The molecule has 0 aromatic heterocycles. The molecule has 0 aliphatic carbocycles. The third-order valence-electron chi connectivity index (χ3n) is 6.41. The first kappa shape index (κ1) is 28.0. The van der Waals surface area contributed by atoms with Gasteiger partial charge in [-0.2, -0.15) is 0 Å². The van der Waals surface area contributed by atoms with Crippen LogP contribution < -0.4 is 0 Å². The molecule has 0 nitrogen and oxygen atoms in total. The van der Waals surface area contributed by atoms with E-state index in [0.717, 1.165) is 0 Å². The van der Waals surface area contributed by atoms with Crippen LogP contribution in [-0.2, 0) is 0 Å². The van der Waals surface area contributed by atoms with Gasteiger partial charge in [0, 0.05) is 0 Å². The molecule has 0 rings (SSSR count). The molecule has 0 fully saturated rings. The lowest BCUT2D eigenvalue weighted by Gasteiger charge is -2.10. The van der Waals surface area contributed by atoms with E-state index in [-0.39, 0.29) is 0 Å². The molecule has 0 aromatic carbocycles. The average molecular weight is 394 g/mol. The Morgan fingerprint density at radius 3 is 0.786 bits per heavy atom. The van der Waals surface area contributed by atoms with Gasteiger partial charge in [-0.05, 0) is 18.8 Å². The van der Waals surface area contributed by atoms with Gasteiger partial charge in [0.1, 0.15) is 0 Å². The van der Waals surface area contributed by atoms with Gasteiger partial charge in [0.2, 0.25) is 0 Å². The molecule has 0 N–H and O–H groups in total. The number of hydrogen-bond acceptors (Lipinski definition) is 0. The maximum Gasteiger partial charge on any atom is -0.0272 e. The third kappa shape index (κ3) is 24.0. The molecule has 1 radical (unpaired) electrons. The van der Waals surface area contributed by atoms with Gasteiger partial charge in [-0.25, -0.2) is 0 Å². The van der Waals surface area contributed by atoms with E-state index in [4.69, 9.17) is 0 Å². The summed E-state index contributed by atoms with van der Waals surface area (Å²) in [6.45, 7) is 7.01. The second-order valence-corrected chi connectivity index (χ2v) is 9.53. The summed E-state index contributed by atoms with van der Waals surface area (Å²) in [7, 11) is 0. The molecule has 0 atom stereocenters. The van der Waals surface area contributed by atoms with Gasteiger partial charge in [-0.1, -0.05) is 162 Å². The molecule has 0 amide bonds. The summed E-state index contributed by atoms with van der Waals surface area (Å²) in [5, 5.41) is 0. The van der Waals surface area contributed by atoms with Crippen LogP contribution in [0.25, 0.3) is 0 Å². The second kappa shape index (κ2) is 25.0. The van der Waals surface area contributed by atoms with Gasteiger partial charge in [-0.15, -0.1) is 0 Å². The lowest BCUT2D eigenvalue weighted by atomic mass is 9.95. The maximum atomic E-state index is 2.41. The summed E-state index contributed by atoms with van der Waals surface area (Å²) < 4.78 is 0. The van der Waals surface area contributed by atoms with Crippen LogP contribution in [0.15, 0.2) is 0 Å². The van der Waals surface area contributed by atoms with Crippen LogP contribution in [0.1, 0.15) is 175 Å². The zero-order valence-corrected chi connectivity index (χ0v) is 20.5. The first-order valence-electron chi connectivity index (χ1n) is 13.6. The van der Waals surface area contributed by atoms with E-state index in [1.807, 2.05) is 0 Å². The molecule has 0 aliphatic rings. The fourth-order valence-electron chi connectivity index (χ4n) is 4.31. The van der Waals surface area contributed by atoms with Crippen molar-refractivity contribution in [3.63, 3.8) is 0 Å². The van der Waals surface area contributed by atoms with Gasteiger partial charge >= 0.3 is 0 Å². The van der Waals surface area contributed by atoms with Gasteiger partial charge in [0.05, 0.1) is 0 Å². The molecule has 0 unspecified atom stereocenters. The van der Waals surface area contributed by atoms with E-state index in [1.165, 1.54) is 154 Å². The largest absolute Gasteiger partial charge is 0.0654 e. The Hall–Kier alpha value is 0. The van der Waals surface area contributed by atoms with Crippen LogP contribution in [0.3, 0.4) is 0 Å². The minimum Gasteiger partial charge on any atom is -0.0654 e. The highest BCUT2D eigenvalue weighted by Crippen LogP contribution is 2.20. The minimum atomic E-state index is 1.37. The van der Waals surface area contributed by atoms with Crippen molar-refractivity contribution in [2.24, 2.45) is 0 Å². The molecule has 0 bridgehead atoms. The Balaban J connectivity index is 3.12. The highest BCUT2D eigenvalue weighted by molar-refractivity contribution is 4.83. The molecule has 0 heteroatoms. The van der Waals surface area contributed by atoms with Crippen molar-refractivity contribution in [3.05, 3.63) is 5.92 Å². The summed E-state index contributed by atoms with van der Waals surface area (Å²) >= 11 is 0. The first-order chi connectivity index (χ1) is 13.8. The predicted molar refractivity (Wildman–Crippen MR) is 131 cm³/mol. The molecule has 0 aliphatic heterocycles. The zero-order valence-electron chi connectivity index (χ0n) is 20.5. The predicted octanol–water partition coefficient (Wildman–Crippen LogP) is 11.0. The summed E-state index contributed by atoms with van der Waals surface area (Å²) in [6.07, 6.45) is 34.9. The molecule has 0 saturated carbocycles. The number of unbranched alkanes of at least 4 members (excludes halogenated alkanes) is 20. The van der Waals surface area contributed by atoms with Crippen LogP contribution in [0.5, 0.6) is 0 Å². The van der Waals surface area contributed by atoms with Crippen LogP contribution in [0, 0.1) is 5.92 Å². The fraction of sp³-hybridized carbons (Fsp3) is 0.964. The normalized spacial score (nSPS) is 11.6. The Morgan fingerprint density at radius 1 is 0.321 bits per heavy atom. The van der Waals surface area contributed by atoms with Crippen molar-refractivity contribution < 1.29 is 0 Å². The van der Waals surface area contributed by atoms with Gasteiger partial charge in [-0.3, -0.25) is 0 Å². The quantitative estimate of drug-likeness (QED) is 0.143.